The first-order valence-electron chi connectivity index (χ1n) is 6.30. The Hall–Kier alpha value is -2.48. The van der Waals surface area contributed by atoms with E-state index in [1.807, 2.05) is 18.2 Å². The zero-order valence-electron chi connectivity index (χ0n) is 10.9. The number of anilines is 2. The summed E-state index contributed by atoms with van der Waals surface area (Å²) in [5.41, 5.74) is 17.0. The summed E-state index contributed by atoms with van der Waals surface area (Å²) >= 11 is 0. The second-order valence-corrected chi connectivity index (χ2v) is 4.84. The van der Waals surface area contributed by atoms with Crippen LogP contribution in [0.1, 0.15) is 5.56 Å². The molecule has 19 heavy (non-hydrogen) atoms. The van der Waals surface area contributed by atoms with Gasteiger partial charge in [0.2, 0.25) is 0 Å². The Bertz CT molecular complexity index is 743. The third-order valence-electron chi connectivity index (χ3n) is 3.49. The van der Waals surface area contributed by atoms with Crippen molar-refractivity contribution in [3.8, 4) is 11.1 Å². The number of nitrogens with two attached hydrogens (primary N) is 2. The van der Waals surface area contributed by atoms with Crippen LogP contribution < -0.4 is 11.5 Å². The molecule has 3 aromatic rings. The van der Waals surface area contributed by atoms with Crippen molar-refractivity contribution in [2.75, 3.05) is 11.5 Å². The summed E-state index contributed by atoms with van der Waals surface area (Å²) in [6.45, 7) is 2.07. The molecule has 0 atom stereocenters. The van der Waals surface area contributed by atoms with Crippen LogP contribution in [0.15, 0.2) is 54.6 Å². The molecule has 3 aromatic carbocycles. The quantitative estimate of drug-likeness (QED) is 0.640. The maximum Gasteiger partial charge on any atom is 0.0634 e. The summed E-state index contributed by atoms with van der Waals surface area (Å²) in [5, 5.41) is 2.13. The Kier molecular flexibility index (Phi) is 2.64. The van der Waals surface area contributed by atoms with Crippen LogP contribution in [-0.2, 0) is 0 Å². The summed E-state index contributed by atoms with van der Waals surface area (Å²) in [7, 11) is 0. The van der Waals surface area contributed by atoms with Crippen molar-refractivity contribution >= 4 is 22.1 Å². The smallest absolute Gasteiger partial charge is 0.0634 e. The van der Waals surface area contributed by atoms with Crippen molar-refractivity contribution in [3.63, 3.8) is 0 Å². The highest BCUT2D eigenvalue weighted by Gasteiger charge is 2.09. The molecule has 0 radical (unpaired) electrons. The summed E-state index contributed by atoms with van der Waals surface area (Å²) in [4.78, 5) is 0. The average molecular weight is 248 g/mol. The number of fused-ring (bicyclic) bond motifs is 1. The lowest BCUT2D eigenvalue weighted by atomic mass is 9.97. The van der Waals surface area contributed by atoms with E-state index in [1.165, 1.54) is 5.56 Å². The lowest BCUT2D eigenvalue weighted by Gasteiger charge is -2.12. The van der Waals surface area contributed by atoms with Gasteiger partial charge in [-0.05, 0) is 23.9 Å². The molecule has 0 aliphatic heterocycles. The fraction of sp³-hybridized carbons (Fsp3) is 0.0588. The van der Waals surface area contributed by atoms with Gasteiger partial charge in [-0.25, -0.2) is 0 Å². The highest BCUT2D eigenvalue weighted by Crippen LogP contribution is 2.36. The number of benzene rings is 3. The minimum Gasteiger partial charge on any atom is -0.397 e. The van der Waals surface area contributed by atoms with Crippen LogP contribution in [0.25, 0.3) is 21.9 Å². The van der Waals surface area contributed by atoms with E-state index >= 15 is 0 Å². The Balaban J connectivity index is 2.29. The molecule has 0 amide bonds. The Morgan fingerprint density at radius 3 is 2.21 bits per heavy atom. The number of nitrogen functional groups attached to an aromatic ring is 2. The number of hydrogen-bond acceptors (Lipinski definition) is 2. The molecule has 0 saturated heterocycles. The lowest BCUT2D eigenvalue weighted by Crippen LogP contribution is -1.98. The van der Waals surface area contributed by atoms with Crippen LogP contribution in [-0.4, -0.2) is 0 Å². The summed E-state index contributed by atoms with van der Waals surface area (Å²) in [6.07, 6.45) is 0. The van der Waals surface area contributed by atoms with E-state index in [1.54, 1.807) is 0 Å². The van der Waals surface area contributed by atoms with Gasteiger partial charge >= 0.3 is 0 Å². The molecular weight excluding hydrogens is 232 g/mol. The Morgan fingerprint density at radius 2 is 1.47 bits per heavy atom. The monoisotopic (exact) mass is 248 g/mol. The second kappa shape index (κ2) is 4.32. The van der Waals surface area contributed by atoms with Crippen LogP contribution in [0, 0.1) is 6.92 Å². The average Bonchev–Trinajstić information content (AvgIpc) is 2.44. The fourth-order valence-corrected chi connectivity index (χ4v) is 2.36. The summed E-state index contributed by atoms with van der Waals surface area (Å²) < 4.78 is 0. The molecule has 94 valence electrons. The predicted octanol–water partition coefficient (Wildman–Crippen LogP) is 3.98. The zero-order valence-corrected chi connectivity index (χ0v) is 10.9. The molecule has 4 N–H and O–H groups in total. The van der Waals surface area contributed by atoms with Gasteiger partial charge in [-0.2, -0.15) is 0 Å². The topological polar surface area (TPSA) is 52.0 Å². The molecule has 0 bridgehead atoms. The SMILES string of the molecule is Cc1ccc(-c2cc3ccccc3c(N)c2N)cc1. The molecule has 2 heteroatoms. The van der Waals surface area contributed by atoms with Crippen molar-refractivity contribution in [3.05, 3.63) is 60.2 Å². The molecular formula is C17H16N2. The summed E-state index contributed by atoms with van der Waals surface area (Å²) in [6, 6.07) is 18.5. The van der Waals surface area contributed by atoms with Crippen LogP contribution >= 0.6 is 0 Å². The first kappa shape index (κ1) is 11.6. The first-order valence-corrected chi connectivity index (χ1v) is 6.30. The maximum atomic E-state index is 6.19. The molecule has 0 fully saturated rings. The van der Waals surface area contributed by atoms with E-state index in [9.17, 15) is 0 Å². The minimum atomic E-state index is 0.655. The molecule has 0 spiro atoms. The molecule has 0 aliphatic rings. The van der Waals surface area contributed by atoms with Crippen LogP contribution in [0.3, 0.4) is 0 Å². The van der Waals surface area contributed by atoms with E-state index < -0.39 is 0 Å². The number of rotatable bonds is 1. The number of hydrogen-bond donors (Lipinski definition) is 2. The fourth-order valence-electron chi connectivity index (χ4n) is 2.36. The van der Waals surface area contributed by atoms with Gasteiger partial charge in [-0.3, -0.25) is 0 Å². The van der Waals surface area contributed by atoms with Crippen molar-refractivity contribution in [2.45, 2.75) is 6.92 Å². The van der Waals surface area contributed by atoms with Gasteiger partial charge < -0.3 is 11.5 Å². The molecule has 0 aromatic heterocycles. The van der Waals surface area contributed by atoms with Crippen molar-refractivity contribution in [1.29, 1.82) is 0 Å². The van der Waals surface area contributed by atoms with Crippen molar-refractivity contribution in [1.82, 2.24) is 0 Å². The van der Waals surface area contributed by atoms with E-state index in [-0.39, 0.29) is 0 Å². The second-order valence-electron chi connectivity index (χ2n) is 4.84. The van der Waals surface area contributed by atoms with Gasteiger partial charge in [0, 0.05) is 10.9 Å². The van der Waals surface area contributed by atoms with E-state index in [2.05, 4.69) is 43.3 Å². The van der Waals surface area contributed by atoms with Crippen LogP contribution in [0.4, 0.5) is 11.4 Å². The molecule has 0 unspecified atom stereocenters. The van der Waals surface area contributed by atoms with Gasteiger partial charge in [-0.15, -0.1) is 0 Å². The molecule has 0 aliphatic carbocycles. The van der Waals surface area contributed by atoms with Crippen LogP contribution in [0.2, 0.25) is 0 Å². The minimum absolute atomic E-state index is 0.655. The van der Waals surface area contributed by atoms with Crippen molar-refractivity contribution < 1.29 is 0 Å². The molecule has 2 nitrogen and oxygen atoms in total. The highest BCUT2D eigenvalue weighted by atomic mass is 14.7. The van der Waals surface area contributed by atoms with Crippen molar-refractivity contribution in [2.24, 2.45) is 0 Å². The van der Waals surface area contributed by atoms with Gasteiger partial charge in [0.1, 0.15) is 0 Å². The Labute approximate surface area is 112 Å². The normalized spacial score (nSPS) is 10.8. The van der Waals surface area contributed by atoms with E-state index in [4.69, 9.17) is 11.5 Å². The van der Waals surface area contributed by atoms with Gasteiger partial charge in [-0.1, -0.05) is 54.1 Å². The van der Waals surface area contributed by atoms with Gasteiger partial charge in [0.05, 0.1) is 11.4 Å². The van der Waals surface area contributed by atoms with Gasteiger partial charge in [0.25, 0.3) is 0 Å². The molecule has 0 saturated carbocycles. The third kappa shape index (κ3) is 1.91. The molecule has 3 rings (SSSR count). The maximum absolute atomic E-state index is 6.19. The molecule has 0 heterocycles. The van der Waals surface area contributed by atoms with Crippen LogP contribution in [0.5, 0.6) is 0 Å². The van der Waals surface area contributed by atoms with Gasteiger partial charge in [0.15, 0.2) is 0 Å². The Morgan fingerprint density at radius 1 is 0.789 bits per heavy atom. The largest absolute Gasteiger partial charge is 0.397 e. The van der Waals surface area contributed by atoms with E-state index in [0.29, 0.717) is 11.4 Å². The standard InChI is InChI=1S/C17H16N2/c1-11-6-8-12(9-7-11)15-10-13-4-2-3-5-14(13)16(18)17(15)19/h2-10H,18-19H2,1H3. The lowest BCUT2D eigenvalue weighted by molar-refractivity contribution is 1.47. The zero-order chi connectivity index (χ0) is 13.4. The first-order chi connectivity index (χ1) is 9.16. The third-order valence-corrected chi connectivity index (χ3v) is 3.49. The van der Waals surface area contributed by atoms with E-state index in [0.717, 1.165) is 21.9 Å². The highest BCUT2D eigenvalue weighted by molar-refractivity contribution is 6.04. The predicted molar refractivity (Wildman–Crippen MR) is 82.9 cm³/mol. The summed E-state index contributed by atoms with van der Waals surface area (Å²) in [5.74, 6) is 0. The number of aryl methyl sites for hydroxylation is 1.